The molecule has 5 nitrogen and oxygen atoms in total. The third-order valence-electron chi connectivity index (χ3n) is 2.84. The Morgan fingerprint density at radius 1 is 1.19 bits per heavy atom. The van der Waals surface area contributed by atoms with E-state index in [0.29, 0.717) is 16.9 Å². The van der Waals surface area contributed by atoms with Crippen LogP contribution in [-0.2, 0) is 10.0 Å². The van der Waals surface area contributed by atoms with Crippen molar-refractivity contribution in [2.45, 2.75) is 11.8 Å². The van der Waals surface area contributed by atoms with E-state index in [-0.39, 0.29) is 9.37 Å². The molecule has 0 saturated carbocycles. The summed E-state index contributed by atoms with van der Waals surface area (Å²) in [7, 11) is -3.75. The summed E-state index contributed by atoms with van der Waals surface area (Å²) in [5.74, 6) is 4.78. The van der Waals surface area contributed by atoms with Crippen molar-refractivity contribution in [2.24, 2.45) is 5.84 Å². The topological polar surface area (TPSA) is 84.2 Å². The van der Waals surface area contributed by atoms with Crippen molar-refractivity contribution in [3.8, 4) is 0 Å². The van der Waals surface area contributed by atoms with Gasteiger partial charge in [-0.25, -0.2) is 12.8 Å². The van der Waals surface area contributed by atoms with Crippen LogP contribution in [0, 0.1) is 12.7 Å². The summed E-state index contributed by atoms with van der Waals surface area (Å²) in [6, 6.07) is 8.57. The molecule has 0 aromatic heterocycles. The Hall–Kier alpha value is -1.64. The normalized spacial score (nSPS) is 11.2. The molecule has 0 aliphatic rings. The van der Waals surface area contributed by atoms with E-state index in [1.54, 1.807) is 19.1 Å². The number of hydrogen-bond acceptors (Lipinski definition) is 4. The van der Waals surface area contributed by atoms with Gasteiger partial charge in [-0.1, -0.05) is 0 Å². The Morgan fingerprint density at radius 3 is 2.38 bits per heavy atom. The molecule has 0 aliphatic heterocycles. The molecule has 0 atom stereocenters. The fourth-order valence-electron chi connectivity index (χ4n) is 1.69. The van der Waals surface area contributed by atoms with Crippen LogP contribution in [0.1, 0.15) is 5.56 Å². The number of anilines is 2. The molecule has 4 N–H and O–H groups in total. The third-order valence-corrected chi connectivity index (χ3v) is 4.83. The second-order valence-corrected chi connectivity index (χ2v) is 6.89. The van der Waals surface area contributed by atoms with Gasteiger partial charge in [0, 0.05) is 5.69 Å². The maximum Gasteiger partial charge on any atom is 0.261 e. The first kappa shape index (κ1) is 15.7. The average molecular weight is 374 g/mol. The predicted molar refractivity (Wildman–Crippen MR) is 83.9 cm³/mol. The van der Waals surface area contributed by atoms with Crippen LogP contribution < -0.4 is 16.0 Å². The van der Waals surface area contributed by atoms with Gasteiger partial charge in [0.1, 0.15) is 5.82 Å². The molecule has 0 fully saturated rings. The van der Waals surface area contributed by atoms with Crippen molar-refractivity contribution >= 4 is 37.3 Å². The van der Waals surface area contributed by atoms with Gasteiger partial charge in [-0.05, 0) is 64.8 Å². The number of sulfonamides is 1. The van der Waals surface area contributed by atoms with E-state index in [9.17, 15) is 12.8 Å². The smallest absolute Gasteiger partial charge is 0.261 e. The molecule has 0 aliphatic carbocycles. The first-order chi connectivity index (χ1) is 9.83. The number of nitrogens with two attached hydrogens (primary N) is 1. The van der Waals surface area contributed by atoms with Crippen molar-refractivity contribution in [1.82, 2.24) is 0 Å². The minimum atomic E-state index is -3.75. The molecule has 2 aromatic rings. The quantitative estimate of drug-likeness (QED) is 0.568. The van der Waals surface area contributed by atoms with Crippen molar-refractivity contribution < 1.29 is 12.8 Å². The van der Waals surface area contributed by atoms with E-state index >= 15 is 0 Å². The summed E-state index contributed by atoms with van der Waals surface area (Å²) < 4.78 is 40.5. The van der Waals surface area contributed by atoms with Gasteiger partial charge in [-0.3, -0.25) is 10.6 Å². The Morgan fingerprint density at radius 2 is 1.81 bits per heavy atom. The lowest BCUT2D eigenvalue weighted by atomic mass is 10.2. The Bertz CT molecular complexity index is 764. The number of aryl methyl sites for hydroxylation is 1. The minimum absolute atomic E-state index is 0.0846. The first-order valence-electron chi connectivity index (χ1n) is 5.88. The summed E-state index contributed by atoms with van der Waals surface area (Å²) >= 11 is 3.03. The van der Waals surface area contributed by atoms with Crippen molar-refractivity contribution in [3.63, 3.8) is 0 Å². The summed E-state index contributed by atoms with van der Waals surface area (Å²) in [4.78, 5) is 0.0846. The number of hydrogen-bond donors (Lipinski definition) is 3. The van der Waals surface area contributed by atoms with E-state index in [1.165, 1.54) is 24.3 Å². The van der Waals surface area contributed by atoms with Crippen LogP contribution in [0.3, 0.4) is 0 Å². The maximum absolute atomic E-state index is 13.4. The van der Waals surface area contributed by atoms with Crippen molar-refractivity contribution in [2.75, 3.05) is 10.1 Å². The molecule has 21 heavy (non-hydrogen) atoms. The average Bonchev–Trinajstić information content (AvgIpc) is 2.44. The third kappa shape index (κ3) is 3.52. The summed E-state index contributed by atoms with van der Waals surface area (Å²) in [6.07, 6.45) is 0. The Kier molecular flexibility index (Phi) is 4.50. The van der Waals surface area contributed by atoms with Crippen LogP contribution in [0.4, 0.5) is 15.8 Å². The van der Waals surface area contributed by atoms with Gasteiger partial charge >= 0.3 is 0 Å². The zero-order chi connectivity index (χ0) is 15.6. The van der Waals surface area contributed by atoms with Crippen LogP contribution in [0.15, 0.2) is 45.8 Å². The number of nitrogens with one attached hydrogen (secondary N) is 2. The Balaban J connectivity index is 2.34. The zero-order valence-electron chi connectivity index (χ0n) is 11.0. The van der Waals surface area contributed by atoms with Crippen molar-refractivity contribution in [3.05, 3.63) is 52.3 Å². The highest BCUT2D eigenvalue weighted by Gasteiger charge is 2.16. The molecule has 0 heterocycles. The number of rotatable bonds is 4. The lowest BCUT2D eigenvalue weighted by Gasteiger charge is -2.12. The standard InChI is InChI=1S/C13H13BrFN3O2S/c1-8-6-12(15)11(14)7-13(8)18-21(19,20)10-4-2-9(17-16)3-5-10/h2-7,17-18H,16H2,1H3. The molecule has 0 amide bonds. The largest absolute Gasteiger partial charge is 0.324 e. The van der Waals surface area contributed by atoms with Gasteiger partial charge in [0.15, 0.2) is 0 Å². The van der Waals surface area contributed by atoms with Gasteiger partial charge in [-0.2, -0.15) is 0 Å². The van der Waals surface area contributed by atoms with Crippen LogP contribution in [0.2, 0.25) is 0 Å². The highest BCUT2D eigenvalue weighted by molar-refractivity contribution is 9.10. The van der Waals surface area contributed by atoms with Gasteiger partial charge in [0.25, 0.3) is 10.0 Å². The monoisotopic (exact) mass is 373 g/mol. The molecule has 112 valence electrons. The van der Waals surface area contributed by atoms with Crippen molar-refractivity contribution in [1.29, 1.82) is 0 Å². The molecule has 0 unspecified atom stereocenters. The van der Waals surface area contributed by atoms with Gasteiger partial charge < -0.3 is 5.43 Å². The number of hydrazine groups is 1. The predicted octanol–water partition coefficient (Wildman–Crippen LogP) is 2.98. The summed E-state index contributed by atoms with van der Waals surface area (Å²) in [5.41, 5.74) is 3.80. The molecule has 0 bridgehead atoms. The van der Waals surface area contributed by atoms with E-state index in [0.717, 1.165) is 0 Å². The molecule has 2 rings (SSSR count). The molecule has 0 saturated heterocycles. The number of halogens is 2. The van der Waals surface area contributed by atoms with Crippen LogP contribution >= 0.6 is 15.9 Å². The zero-order valence-corrected chi connectivity index (χ0v) is 13.4. The van der Waals surface area contributed by atoms with E-state index in [1.807, 2.05) is 0 Å². The Labute approximate surface area is 130 Å². The maximum atomic E-state index is 13.4. The highest BCUT2D eigenvalue weighted by atomic mass is 79.9. The van der Waals surface area contributed by atoms with E-state index in [2.05, 4.69) is 26.1 Å². The van der Waals surface area contributed by atoms with Crippen LogP contribution in [-0.4, -0.2) is 8.42 Å². The fourth-order valence-corrected chi connectivity index (χ4v) is 3.16. The lowest BCUT2D eigenvalue weighted by molar-refractivity contribution is 0.600. The molecular formula is C13H13BrFN3O2S. The summed E-state index contributed by atoms with van der Waals surface area (Å²) in [5, 5.41) is 0. The fraction of sp³-hybridized carbons (Fsp3) is 0.0769. The van der Waals surface area contributed by atoms with Gasteiger partial charge in [0.2, 0.25) is 0 Å². The summed E-state index contributed by atoms with van der Waals surface area (Å²) in [6.45, 7) is 1.62. The highest BCUT2D eigenvalue weighted by Crippen LogP contribution is 2.26. The van der Waals surface area contributed by atoms with E-state index in [4.69, 9.17) is 5.84 Å². The second kappa shape index (κ2) is 6.00. The first-order valence-corrected chi connectivity index (χ1v) is 8.16. The van der Waals surface area contributed by atoms with Crippen LogP contribution in [0.25, 0.3) is 0 Å². The lowest BCUT2D eigenvalue weighted by Crippen LogP contribution is -2.14. The number of nitrogen functional groups attached to an aromatic ring is 1. The van der Waals surface area contributed by atoms with Gasteiger partial charge in [-0.15, -0.1) is 0 Å². The molecule has 8 heteroatoms. The van der Waals surface area contributed by atoms with Crippen LogP contribution in [0.5, 0.6) is 0 Å². The molecular weight excluding hydrogens is 361 g/mol. The van der Waals surface area contributed by atoms with E-state index < -0.39 is 15.8 Å². The molecule has 0 radical (unpaired) electrons. The molecule has 2 aromatic carbocycles. The number of benzene rings is 2. The SMILES string of the molecule is Cc1cc(F)c(Br)cc1NS(=O)(=O)c1ccc(NN)cc1. The van der Waals surface area contributed by atoms with Gasteiger partial charge in [0.05, 0.1) is 15.1 Å². The minimum Gasteiger partial charge on any atom is -0.324 e. The second-order valence-electron chi connectivity index (χ2n) is 4.36. The molecule has 0 spiro atoms.